The number of hydrogen-bond acceptors (Lipinski definition) is 9. The molecule has 1 saturated carbocycles. The quantitative estimate of drug-likeness (QED) is 0.203. The normalized spacial score (nSPS) is 20.5. The molecular formula is C31H35F3N8O3. The van der Waals surface area contributed by atoms with Gasteiger partial charge in [0, 0.05) is 36.9 Å². The summed E-state index contributed by atoms with van der Waals surface area (Å²) in [5.74, 6) is -0.635. The number of alkyl halides is 2. The van der Waals surface area contributed by atoms with Gasteiger partial charge in [-0.25, -0.2) is 8.91 Å². The minimum atomic E-state index is -3.09. The van der Waals surface area contributed by atoms with Crippen molar-refractivity contribution < 1.29 is 27.8 Å². The van der Waals surface area contributed by atoms with E-state index in [0.717, 1.165) is 43.3 Å². The van der Waals surface area contributed by atoms with Gasteiger partial charge >= 0.3 is 6.61 Å². The van der Waals surface area contributed by atoms with Crippen LogP contribution in [0.1, 0.15) is 56.2 Å². The van der Waals surface area contributed by atoms with Gasteiger partial charge in [-0.2, -0.15) is 24.2 Å². The minimum Gasteiger partial charge on any atom is -0.479 e. The smallest absolute Gasteiger partial charge is 0.387 e. The number of aromatic nitrogens is 5. The molecule has 0 bridgehead atoms. The van der Waals surface area contributed by atoms with E-state index in [0.29, 0.717) is 30.4 Å². The summed E-state index contributed by atoms with van der Waals surface area (Å²) in [6.45, 7) is 5.19. The highest BCUT2D eigenvalue weighted by Gasteiger charge is 2.41. The molecule has 11 nitrogen and oxygen atoms in total. The van der Waals surface area contributed by atoms with E-state index in [1.54, 1.807) is 12.3 Å². The van der Waals surface area contributed by atoms with Crippen LogP contribution >= 0.6 is 0 Å². The Labute approximate surface area is 258 Å². The number of aliphatic hydroxyl groups is 1. The molecule has 3 unspecified atom stereocenters. The second-order valence-corrected chi connectivity index (χ2v) is 12.3. The topological polar surface area (TPSA) is 126 Å². The van der Waals surface area contributed by atoms with Crippen LogP contribution in [0.5, 0.6) is 11.5 Å². The van der Waals surface area contributed by atoms with Crippen molar-refractivity contribution in [3.8, 4) is 28.9 Å². The lowest BCUT2D eigenvalue weighted by molar-refractivity contribution is -0.0489. The van der Waals surface area contributed by atoms with Crippen LogP contribution in [0, 0.1) is 29.6 Å². The van der Waals surface area contributed by atoms with Crippen molar-refractivity contribution in [2.75, 3.05) is 13.2 Å². The fraction of sp³-hybridized carbons (Fsp3) is 0.484. The fourth-order valence-electron chi connectivity index (χ4n) is 6.90. The van der Waals surface area contributed by atoms with E-state index in [1.807, 2.05) is 11.6 Å². The Morgan fingerprint density at radius 1 is 1.18 bits per heavy atom. The molecule has 0 aromatic carbocycles. The maximum Gasteiger partial charge on any atom is 0.387 e. The Bertz CT molecular complexity index is 1720. The molecule has 1 aliphatic carbocycles. The molecule has 0 spiro atoms. The number of pyridine rings is 2. The van der Waals surface area contributed by atoms with Crippen molar-refractivity contribution in [1.29, 1.82) is 5.26 Å². The molecule has 14 heteroatoms. The van der Waals surface area contributed by atoms with Crippen LogP contribution in [0.15, 0.2) is 36.8 Å². The van der Waals surface area contributed by atoms with E-state index in [9.17, 15) is 18.3 Å². The molecule has 5 heterocycles. The Morgan fingerprint density at radius 3 is 2.69 bits per heavy atom. The van der Waals surface area contributed by atoms with E-state index in [1.165, 1.54) is 22.8 Å². The van der Waals surface area contributed by atoms with E-state index in [2.05, 4.69) is 40.3 Å². The van der Waals surface area contributed by atoms with Gasteiger partial charge in [0.25, 0.3) is 0 Å². The van der Waals surface area contributed by atoms with Crippen molar-refractivity contribution in [2.24, 2.45) is 5.41 Å². The number of ether oxygens (including phenoxy) is 2. The molecular weight excluding hydrogens is 589 g/mol. The number of nitriles is 1. The highest BCUT2D eigenvalue weighted by molar-refractivity contribution is 5.75. The van der Waals surface area contributed by atoms with Crippen molar-refractivity contribution in [3.05, 3.63) is 59.6 Å². The van der Waals surface area contributed by atoms with Gasteiger partial charge in [-0.05, 0) is 55.4 Å². The molecule has 238 valence electrons. The monoisotopic (exact) mass is 624 g/mol. The number of hydrogen-bond donors (Lipinski definition) is 2. The second-order valence-electron chi connectivity index (χ2n) is 12.3. The van der Waals surface area contributed by atoms with Crippen molar-refractivity contribution >= 4 is 5.52 Å². The molecule has 0 amide bonds. The second kappa shape index (κ2) is 12.2. The predicted molar refractivity (Wildman–Crippen MR) is 157 cm³/mol. The maximum atomic E-state index is 13.5. The van der Waals surface area contributed by atoms with Crippen LogP contribution in [0.2, 0.25) is 0 Å². The highest BCUT2D eigenvalue weighted by atomic mass is 19.3. The fourth-order valence-corrected chi connectivity index (χ4v) is 6.90. The number of rotatable bonds is 9. The third-order valence-corrected chi connectivity index (χ3v) is 8.99. The molecule has 1 fully saturated rings. The Hall–Kier alpha value is -4.35. The van der Waals surface area contributed by atoms with Crippen LogP contribution in [-0.2, 0) is 13.1 Å². The van der Waals surface area contributed by atoms with E-state index >= 15 is 0 Å². The third kappa shape index (κ3) is 6.02. The van der Waals surface area contributed by atoms with Gasteiger partial charge in [0.15, 0.2) is 29.3 Å². The van der Waals surface area contributed by atoms with Crippen LogP contribution in [0.25, 0.3) is 16.8 Å². The molecule has 1 aliphatic heterocycles. The Morgan fingerprint density at radius 2 is 2.00 bits per heavy atom. The first-order chi connectivity index (χ1) is 21.6. The minimum absolute atomic E-state index is 0.0176. The van der Waals surface area contributed by atoms with Gasteiger partial charge in [-0.3, -0.25) is 14.6 Å². The van der Waals surface area contributed by atoms with Crippen molar-refractivity contribution in [1.82, 2.24) is 34.6 Å². The van der Waals surface area contributed by atoms with Gasteiger partial charge in [0.2, 0.25) is 0 Å². The SMILES string of the molecule is Cc1c(-c2cc(OC(CO)c3ccc(F)cn3)c3c(OC(F)F)cnn3c2)nn2c1CN(C1CCC(NC#N)CC1(C)C)CC2. The molecule has 0 radical (unpaired) electrons. The Kier molecular flexibility index (Phi) is 8.32. The van der Waals surface area contributed by atoms with Crippen molar-refractivity contribution in [3.63, 3.8) is 0 Å². The number of halogens is 3. The zero-order chi connectivity index (χ0) is 31.9. The van der Waals surface area contributed by atoms with Crippen LogP contribution in [0.4, 0.5) is 13.2 Å². The van der Waals surface area contributed by atoms with Gasteiger partial charge in [0.05, 0.1) is 42.6 Å². The van der Waals surface area contributed by atoms with E-state index in [-0.39, 0.29) is 34.2 Å². The molecule has 0 saturated heterocycles. The molecule has 3 atom stereocenters. The largest absolute Gasteiger partial charge is 0.479 e. The van der Waals surface area contributed by atoms with Gasteiger partial charge in [-0.15, -0.1) is 0 Å². The van der Waals surface area contributed by atoms with Gasteiger partial charge in [-0.1, -0.05) is 13.8 Å². The number of nitrogens with one attached hydrogen (secondary N) is 1. The maximum absolute atomic E-state index is 13.5. The lowest BCUT2D eigenvalue weighted by Gasteiger charge is -2.48. The number of fused-ring (bicyclic) bond motifs is 2. The predicted octanol–water partition coefficient (Wildman–Crippen LogP) is 4.59. The summed E-state index contributed by atoms with van der Waals surface area (Å²) >= 11 is 0. The lowest BCUT2D eigenvalue weighted by Crippen LogP contribution is -2.53. The zero-order valence-electron chi connectivity index (χ0n) is 25.3. The molecule has 2 N–H and O–H groups in total. The summed E-state index contributed by atoms with van der Waals surface area (Å²) in [5, 5.41) is 31.4. The summed E-state index contributed by atoms with van der Waals surface area (Å²) in [4.78, 5) is 6.53. The molecule has 4 aromatic rings. The first-order valence-electron chi connectivity index (χ1n) is 14.9. The van der Waals surface area contributed by atoms with E-state index < -0.39 is 25.1 Å². The summed E-state index contributed by atoms with van der Waals surface area (Å²) in [5.41, 5.74) is 3.78. The highest BCUT2D eigenvalue weighted by Crippen LogP contribution is 2.42. The summed E-state index contributed by atoms with van der Waals surface area (Å²) in [6.07, 6.45) is 7.78. The number of nitrogens with zero attached hydrogens (tertiary/aromatic N) is 7. The summed E-state index contributed by atoms with van der Waals surface area (Å²) < 4.78 is 54.3. The first kappa shape index (κ1) is 30.7. The molecule has 4 aromatic heterocycles. The number of aliphatic hydroxyl groups excluding tert-OH is 1. The first-order valence-corrected chi connectivity index (χ1v) is 14.9. The molecule has 45 heavy (non-hydrogen) atoms. The summed E-state index contributed by atoms with van der Waals surface area (Å²) in [7, 11) is 0. The van der Waals surface area contributed by atoms with Crippen LogP contribution in [-0.4, -0.2) is 66.2 Å². The van der Waals surface area contributed by atoms with E-state index in [4.69, 9.17) is 19.8 Å². The molecule has 6 rings (SSSR count). The van der Waals surface area contributed by atoms with Crippen LogP contribution < -0.4 is 14.8 Å². The van der Waals surface area contributed by atoms with Gasteiger partial charge < -0.3 is 19.9 Å². The molecule has 2 aliphatic rings. The average molecular weight is 625 g/mol. The standard InChI is InChI=1S/C31H35F3N8O3/c1-18-23-15-40(27-7-5-21(37-17-35)11-31(27,2)3)8-9-41(23)39-28(18)19-10-24(29-25(45-30(33)34)13-38-42(29)14-19)44-26(16-43)22-6-4-20(32)12-36-22/h4,6,10,12-14,21,26-27,30,37,43H,5,7-9,11,15-16H2,1-3H3. The van der Waals surface area contributed by atoms with Crippen LogP contribution in [0.3, 0.4) is 0 Å². The zero-order valence-corrected chi connectivity index (χ0v) is 25.3. The third-order valence-electron chi connectivity index (χ3n) is 8.99. The lowest BCUT2D eigenvalue weighted by atomic mass is 9.70. The average Bonchev–Trinajstić information content (AvgIpc) is 3.56. The Balaban J connectivity index is 1.34. The van der Waals surface area contributed by atoms with Gasteiger partial charge in [0.1, 0.15) is 5.82 Å². The summed E-state index contributed by atoms with van der Waals surface area (Å²) in [6, 6.07) is 4.78. The van der Waals surface area contributed by atoms with Crippen molar-refractivity contribution in [2.45, 2.75) is 77.9 Å².